The molecule has 1 aromatic rings. The first-order valence-corrected chi connectivity index (χ1v) is 5.87. The predicted molar refractivity (Wildman–Crippen MR) is 67.2 cm³/mol. The van der Waals surface area contributed by atoms with Crippen molar-refractivity contribution in [3.05, 3.63) is 23.8 Å². The summed E-state index contributed by atoms with van der Waals surface area (Å²) < 4.78 is 10.4. The lowest BCUT2D eigenvalue weighted by atomic mass is 10.0. The van der Waals surface area contributed by atoms with Gasteiger partial charge in [0.05, 0.1) is 20.1 Å². The number of carboxylic acid groups (broad SMARTS) is 1. The van der Waals surface area contributed by atoms with Gasteiger partial charge in [0, 0.05) is 12.0 Å². The topological polar surface area (TPSA) is 55.8 Å². The molecule has 4 nitrogen and oxygen atoms in total. The van der Waals surface area contributed by atoms with Gasteiger partial charge in [0.15, 0.2) is 0 Å². The lowest BCUT2D eigenvalue weighted by molar-refractivity contribution is -0.139. The quantitative estimate of drug-likeness (QED) is 0.892. The van der Waals surface area contributed by atoms with Gasteiger partial charge in [0.2, 0.25) is 0 Å². The van der Waals surface area contributed by atoms with Crippen LogP contribution in [-0.4, -0.2) is 25.3 Å². The third-order valence-corrected chi connectivity index (χ3v) is 3.83. The lowest BCUT2D eigenvalue weighted by Crippen LogP contribution is -2.03. The van der Waals surface area contributed by atoms with Crippen LogP contribution >= 0.6 is 0 Å². The zero-order valence-corrected chi connectivity index (χ0v) is 11.1. The summed E-state index contributed by atoms with van der Waals surface area (Å²) in [6.07, 6.45) is 0. The summed E-state index contributed by atoms with van der Waals surface area (Å²) in [7, 11) is 3.18. The van der Waals surface area contributed by atoms with Crippen LogP contribution in [0.2, 0.25) is 0 Å². The van der Waals surface area contributed by atoms with Gasteiger partial charge in [-0.25, -0.2) is 0 Å². The number of benzene rings is 1. The highest BCUT2D eigenvalue weighted by Crippen LogP contribution is 2.64. The second kappa shape index (κ2) is 4.19. The van der Waals surface area contributed by atoms with Crippen LogP contribution in [0.3, 0.4) is 0 Å². The monoisotopic (exact) mass is 250 g/mol. The normalized spacial score (nSPS) is 24.4. The average Bonchev–Trinajstić information content (AvgIpc) is 2.91. The first-order valence-electron chi connectivity index (χ1n) is 5.87. The number of rotatable bonds is 4. The Bertz CT molecular complexity index is 456. The minimum atomic E-state index is -0.744. The third kappa shape index (κ3) is 1.92. The van der Waals surface area contributed by atoms with Gasteiger partial charge in [-0.15, -0.1) is 0 Å². The summed E-state index contributed by atoms with van der Waals surface area (Å²) in [6, 6.07) is 5.56. The van der Waals surface area contributed by atoms with Crippen molar-refractivity contribution < 1.29 is 19.4 Å². The summed E-state index contributed by atoms with van der Waals surface area (Å²) in [5, 5.41) is 9.21. The Hall–Kier alpha value is -1.71. The van der Waals surface area contributed by atoms with E-state index in [-0.39, 0.29) is 17.3 Å². The molecule has 18 heavy (non-hydrogen) atoms. The van der Waals surface area contributed by atoms with E-state index < -0.39 is 5.97 Å². The van der Waals surface area contributed by atoms with Gasteiger partial charge >= 0.3 is 5.97 Å². The Morgan fingerprint density at radius 1 is 1.17 bits per heavy atom. The molecule has 1 fully saturated rings. The van der Waals surface area contributed by atoms with Gasteiger partial charge in [0.25, 0.3) is 0 Å². The molecular weight excluding hydrogens is 232 g/mol. The lowest BCUT2D eigenvalue weighted by Gasteiger charge is -2.09. The van der Waals surface area contributed by atoms with E-state index in [1.807, 2.05) is 26.0 Å². The Kier molecular flexibility index (Phi) is 2.97. The van der Waals surface area contributed by atoms with Gasteiger partial charge in [-0.05, 0) is 23.1 Å². The smallest absolute Gasteiger partial charge is 0.307 e. The first-order chi connectivity index (χ1) is 8.41. The maximum absolute atomic E-state index is 11.2. The fourth-order valence-electron chi connectivity index (χ4n) is 2.73. The molecule has 1 aliphatic rings. The molecule has 0 saturated heterocycles. The van der Waals surface area contributed by atoms with Crippen molar-refractivity contribution in [2.24, 2.45) is 11.3 Å². The van der Waals surface area contributed by atoms with Crippen molar-refractivity contribution in [2.45, 2.75) is 19.8 Å². The second-order valence-corrected chi connectivity index (χ2v) is 5.26. The van der Waals surface area contributed by atoms with Gasteiger partial charge in [-0.2, -0.15) is 0 Å². The van der Waals surface area contributed by atoms with Crippen LogP contribution in [-0.2, 0) is 4.79 Å². The number of aliphatic carboxylic acids is 1. The molecule has 98 valence electrons. The van der Waals surface area contributed by atoms with Crippen molar-refractivity contribution in [3.8, 4) is 11.5 Å². The van der Waals surface area contributed by atoms with Crippen LogP contribution in [0.5, 0.6) is 11.5 Å². The van der Waals surface area contributed by atoms with E-state index in [1.165, 1.54) is 0 Å². The van der Waals surface area contributed by atoms with Gasteiger partial charge in [0.1, 0.15) is 11.5 Å². The maximum Gasteiger partial charge on any atom is 0.307 e. The fourth-order valence-corrected chi connectivity index (χ4v) is 2.73. The molecule has 2 atom stereocenters. The third-order valence-electron chi connectivity index (χ3n) is 3.83. The highest BCUT2D eigenvalue weighted by molar-refractivity contribution is 5.77. The summed E-state index contributed by atoms with van der Waals surface area (Å²) in [5.41, 5.74) is 0.743. The predicted octanol–water partition coefficient (Wildman–Crippen LogP) is 2.53. The van der Waals surface area contributed by atoms with E-state index in [4.69, 9.17) is 9.47 Å². The number of methoxy groups -OCH3 is 2. The second-order valence-electron chi connectivity index (χ2n) is 5.26. The van der Waals surface area contributed by atoms with Crippen molar-refractivity contribution >= 4 is 5.97 Å². The molecule has 1 saturated carbocycles. The zero-order valence-electron chi connectivity index (χ0n) is 11.1. The zero-order chi connectivity index (χ0) is 13.5. The molecule has 0 aromatic heterocycles. The van der Waals surface area contributed by atoms with Crippen LogP contribution < -0.4 is 9.47 Å². The van der Waals surface area contributed by atoms with Crippen LogP contribution in [0, 0.1) is 11.3 Å². The number of ether oxygens (including phenoxy) is 2. The highest BCUT2D eigenvalue weighted by atomic mass is 16.5. The van der Waals surface area contributed by atoms with E-state index in [0.717, 1.165) is 5.56 Å². The molecule has 0 radical (unpaired) electrons. The summed E-state index contributed by atoms with van der Waals surface area (Å²) in [5.74, 6) is 0.312. The minimum Gasteiger partial charge on any atom is -0.497 e. The molecule has 1 aliphatic carbocycles. The molecule has 1 N–H and O–H groups in total. The Morgan fingerprint density at radius 3 is 2.00 bits per heavy atom. The van der Waals surface area contributed by atoms with E-state index in [9.17, 15) is 9.90 Å². The molecule has 1 aromatic carbocycles. The van der Waals surface area contributed by atoms with Crippen LogP contribution in [0.15, 0.2) is 18.2 Å². The SMILES string of the molecule is COc1cc(OC)cc(C2C(C(=O)O)C2(C)C)c1. The highest BCUT2D eigenvalue weighted by Gasteiger charge is 2.62. The summed E-state index contributed by atoms with van der Waals surface area (Å²) >= 11 is 0. The molecule has 2 unspecified atom stereocenters. The summed E-state index contributed by atoms with van der Waals surface area (Å²) in [4.78, 5) is 11.2. The number of carbonyl (C=O) groups is 1. The molecule has 2 rings (SSSR count). The van der Waals surface area contributed by atoms with Crippen molar-refractivity contribution in [2.75, 3.05) is 14.2 Å². The molecule has 0 heterocycles. The van der Waals surface area contributed by atoms with Gasteiger partial charge < -0.3 is 14.6 Å². The van der Waals surface area contributed by atoms with Crippen molar-refractivity contribution in [3.63, 3.8) is 0 Å². The number of carboxylic acids is 1. The van der Waals surface area contributed by atoms with E-state index in [1.54, 1.807) is 20.3 Å². The van der Waals surface area contributed by atoms with E-state index in [2.05, 4.69) is 0 Å². The molecule has 0 aliphatic heterocycles. The number of hydrogen-bond acceptors (Lipinski definition) is 3. The van der Waals surface area contributed by atoms with E-state index in [0.29, 0.717) is 11.5 Å². The van der Waals surface area contributed by atoms with Gasteiger partial charge in [-0.1, -0.05) is 13.8 Å². The number of hydrogen-bond donors (Lipinski definition) is 1. The fraction of sp³-hybridized carbons (Fsp3) is 0.500. The van der Waals surface area contributed by atoms with Gasteiger partial charge in [-0.3, -0.25) is 4.79 Å². The molecular formula is C14H18O4. The average molecular weight is 250 g/mol. The largest absolute Gasteiger partial charge is 0.497 e. The Balaban J connectivity index is 2.38. The molecule has 0 spiro atoms. The molecule has 0 bridgehead atoms. The minimum absolute atomic E-state index is 0.0130. The summed E-state index contributed by atoms with van der Waals surface area (Å²) in [6.45, 7) is 3.95. The Labute approximate surface area is 107 Å². The van der Waals surface area contributed by atoms with E-state index >= 15 is 0 Å². The van der Waals surface area contributed by atoms with Crippen LogP contribution in [0.1, 0.15) is 25.3 Å². The molecule has 0 amide bonds. The van der Waals surface area contributed by atoms with Crippen LogP contribution in [0.4, 0.5) is 0 Å². The first kappa shape index (κ1) is 12.7. The maximum atomic E-state index is 11.2. The van der Waals surface area contributed by atoms with Crippen molar-refractivity contribution in [1.82, 2.24) is 0 Å². The standard InChI is InChI=1S/C14H18O4/c1-14(2)11(12(14)13(15)16)8-5-9(17-3)7-10(6-8)18-4/h5-7,11-12H,1-4H3,(H,15,16). The van der Waals surface area contributed by atoms with Crippen molar-refractivity contribution in [1.29, 1.82) is 0 Å². The Morgan fingerprint density at radius 2 is 1.67 bits per heavy atom. The molecule has 4 heteroatoms. The van der Waals surface area contributed by atoms with Crippen LogP contribution in [0.25, 0.3) is 0 Å².